The van der Waals surface area contributed by atoms with Gasteiger partial charge in [-0.25, -0.2) is 9.59 Å². The molecule has 1 aromatic heterocycles. The number of piperidine rings is 1. The molecule has 7 nitrogen and oxygen atoms in total. The van der Waals surface area contributed by atoms with Gasteiger partial charge in [0.05, 0.1) is 17.4 Å². The van der Waals surface area contributed by atoms with Crippen LogP contribution in [0.2, 0.25) is 0 Å². The van der Waals surface area contributed by atoms with Gasteiger partial charge in [0.15, 0.2) is 0 Å². The SMILES string of the molecule is CCCCCCSc1nsnc1C1CN2CCC1C2.O=C(O)C(=O)O. The number of aliphatic carboxylic acids is 2. The first kappa shape index (κ1) is 20.1. The molecule has 0 spiro atoms. The van der Waals surface area contributed by atoms with E-state index in [1.165, 1.54) is 79.9 Å². The maximum absolute atomic E-state index is 9.10. The van der Waals surface area contributed by atoms with E-state index in [0.29, 0.717) is 5.92 Å². The lowest BCUT2D eigenvalue weighted by Gasteiger charge is -2.20. The van der Waals surface area contributed by atoms with Crippen LogP contribution < -0.4 is 0 Å². The minimum absolute atomic E-state index is 0.672. The van der Waals surface area contributed by atoms with Gasteiger partial charge in [-0.2, -0.15) is 8.75 Å². The Morgan fingerprint density at radius 3 is 2.52 bits per heavy atom. The molecule has 0 aliphatic carbocycles. The summed E-state index contributed by atoms with van der Waals surface area (Å²) in [5.74, 6) is -0.918. The summed E-state index contributed by atoms with van der Waals surface area (Å²) in [4.78, 5) is 20.8. The van der Waals surface area contributed by atoms with Crippen molar-refractivity contribution in [1.29, 1.82) is 0 Å². The number of thioether (sulfide) groups is 1. The minimum atomic E-state index is -1.82. The molecule has 2 N–H and O–H groups in total. The van der Waals surface area contributed by atoms with Crippen molar-refractivity contribution in [2.75, 3.05) is 25.4 Å². The highest BCUT2D eigenvalue weighted by Crippen LogP contribution is 2.42. The van der Waals surface area contributed by atoms with E-state index in [0.717, 1.165) is 5.92 Å². The fourth-order valence-corrected chi connectivity index (χ4v) is 5.08. The molecule has 1 aromatic rings. The van der Waals surface area contributed by atoms with Gasteiger partial charge in [0, 0.05) is 19.0 Å². The molecular weight excluding hydrogens is 362 g/mol. The molecule has 0 amide bonds. The molecule has 2 aliphatic rings. The maximum atomic E-state index is 9.10. The van der Waals surface area contributed by atoms with Crippen molar-refractivity contribution in [3.05, 3.63) is 5.69 Å². The summed E-state index contributed by atoms with van der Waals surface area (Å²) >= 11 is 3.35. The summed E-state index contributed by atoms with van der Waals surface area (Å²) in [6.07, 6.45) is 6.71. The number of aromatic nitrogens is 2. The Balaban J connectivity index is 0.000000326. The Labute approximate surface area is 156 Å². The highest BCUT2D eigenvalue weighted by atomic mass is 32.2. The lowest BCUT2D eigenvalue weighted by molar-refractivity contribution is -0.159. The van der Waals surface area contributed by atoms with Gasteiger partial charge in [0.2, 0.25) is 0 Å². The molecule has 3 unspecified atom stereocenters. The van der Waals surface area contributed by atoms with Crippen LogP contribution in [0.1, 0.15) is 50.6 Å². The zero-order valence-electron chi connectivity index (χ0n) is 14.4. The number of nitrogens with zero attached hydrogens (tertiary/aromatic N) is 3. The molecule has 9 heteroatoms. The van der Waals surface area contributed by atoms with E-state index in [1.54, 1.807) is 0 Å². The Morgan fingerprint density at radius 2 is 1.96 bits per heavy atom. The lowest BCUT2D eigenvalue weighted by Crippen LogP contribution is -2.22. The zero-order valence-corrected chi connectivity index (χ0v) is 16.0. The second-order valence-corrected chi connectivity index (χ2v) is 8.00. The van der Waals surface area contributed by atoms with E-state index < -0.39 is 11.9 Å². The van der Waals surface area contributed by atoms with Crippen LogP contribution in [0.5, 0.6) is 0 Å². The minimum Gasteiger partial charge on any atom is -0.473 e. The number of hydrogen-bond acceptors (Lipinski definition) is 7. The summed E-state index contributed by atoms with van der Waals surface area (Å²) in [7, 11) is 0. The van der Waals surface area contributed by atoms with Crippen LogP contribution in [0.25, 0.3) is 0 Å². The number of unbranched alkanes of at least 4 members (excludes halogenated alkanes) is 3. The van der Waals surface area contributed by atoms with E-state index in [1.807, 2.05) is 11.8 Å². The Bertz CT molecular complexity index is 569. The van der Waals surface area contributed by atoms with Gasteiger partial charge in [-0.05, 0) is 31.1 Å². The van der Waals surface area contributed by atoms with Gasteiger partial charge >= 0.3 is 11.9 Å². The van der Waals surface area contributed by atoms with Crippen LogP contribution >= 0.6 is 23.5 Å². The van der Waals surface area contributed by atoms with Crippen molar-refractivity contribution in [3.8, 4) is 0 Å². The standard InChI is InChI=1S/C14H23N3S2.C2H2O4/c1-2-3-4-5-8-18-14-13(15-19-16-14)12-10-17-7-6-11(12)9-17;3-1(4)2(5)6/h11-12H,2-10H2,1H3;(H,3,4)(H,5,6). The molecule has 0 saturated carbocycles. The van der Waals surface area contributed by atoms with Gasteiger partial charge in [-0.3, -0.25) is 0 Å². The van der Waals surface area contributed by atoms with E-state index >= 15 is 0 Å². The van der Waals surface area contributed by atoms with Crippen LogP contribution in [0, 0.1) is 5.92 Å². The normalized spacial score (nSPS) is 24.0. The molecule has 0 aromatic carbocycles. The number of carbonyl (C=O) groups is 2. The van der Waals surface area contributed by atoms with Crippen LogP contribution in [0.4, 0.5) is 0 Å². The first-order valence-electron chi connectivity index (χ1n) is 8.66. The lowest BCUT2D eigenvalue weighted by atomic mass is 9.90. The van der Waals surface area contributed by atoms with Crippen molar-refractivity contribution in [2.45, 2.75) is 50.0 Å². The number of carboxylic acids is 2. The average molecular weight is 388 g/mol. The fourth-order valence-electron chi connectivity index (χ4n) is 3.31. The number of carboxylic acid groups (broad SMARTS) is 2. The molecular formula is C16H25N3O4S2. The largest absolute Gasteiger partial charge is 0.473 e. The number of hydrogen-bond donors (Lipinski definition) is 2. The summed E-state index contributed by atoms with van der Waals surface area (Å²) in [6, 6.07) is 0. The van der Waals surface area contributed by atoms with E-state index in [-0.39, 0.29) is 0 Å². The summed E-state index contributed by atoms with van der Waals surface area (Å²) in [5.41, 5.74) is 1.32. The summed E-state index contributed by atoms with van der Waals surface area (Å²) in [6.45, 7) is 6.08. The van der Waals surface area contributed by atoms with Gasteiger partial charge in [-0.1, -0.05) is 26.2 Å². The topological polar surface area (TPSA) is 104 Å². The average Bonchev–Trinajstić information content (AvgIpc) is 3.31. The van der Waals surface area contributed by atoms with E-state index in [2.05, 4.69) is 20.6 Å². The molecule has 3 atom stereocenters. The molecule has 2 fully saturated rings. The van der Waals surface area contributed by atoms with E-state index in [9.17, 15) is 0 Å². The monoisotopic (exact) mass is 387 g/mol. The third-order valence-electron chi connectivity index (χ3n) is 4.59. The molecule has 2 aliphatic heterocycles. The van der Waals surface area contributed by atoms with Crippen molar-refractivity contribution < 1.29 is 19.8 Å². The highest BCUT2D eigenvalue weighted by molar-refractivity contribution is 7.99. The van der Waals surface area contributed by atoms with Crippen LogP contribution in [-0.4, -0.2) is 61.2 Å². The van der Waals surface area contributed by atoms with Crippen LogP contribution in [-0.2, 0) is 9.59 Å². The molecule has 3 rings (SSSR count). The third-order valence-corrected chi connectivity index (χ3v) is 6.31. The second kappa shape index (κ2) is 10.1. The second-order valence-electron chi connectivity index (χ2n) is 6.39. The molecule has 0 radical (unpaired) electrons. The maximum Gasteiger partial charge on any atom is 0.414 e. The first-order valence-corrected chi connectivity index (χ1v) is 10.4. The van der Waals surface area contributed by atoms with E-state index in [4.69, 9.17) is 19.8 Å². The Hall–Kier alpha value is -1.19. The van der Waals surface area contributed by atoms with Crippen molar-refractivity contribution >= 4 is 35.4 Å². The Morgan fingerprint density at radius 1 is 1.20 bits per heavy atom. The number of fused-ring (bicyclic) bond motifs is 2. The summed E-state index contributed by atoms with van der Waals surface area (Å²) < 4.78 is 9.15. The third kappa shape index (κ3) is 5.93. The molecule has 2 saturated heterocycles. The quantitative estimate of drug-likeness (QED) is 0.418. The van der Waals surface area contributed by atoms with Crippen molar-refractivity contribution in [2.24, 2.45) is 5.92 Å². The first-order chi connectivity index (χ1) is 12.0. The van der Waals surface area contributed by atoms with Gasteiger partial charge in [0.1, 0.15) is 5.03 Å². The van der Waals surface area contributed by atoms with Gasteiger partial charge < -0.3 is 15.1 Å². The predicted octanol–water partition coefficient (Wildman–Crippen LogP) is 2.79. The van der Waals surface area contributed by atoms with Gasteiger partial charge in [-0.15, -0.1) is 11.8 Å². The Kier molecular flexibility index (Phi) is 8.11. The highest BCUT2D eigenvalue weighted by Gasteiger charge is 2.41. The van der Waals surface area contributed by atoms with Crippen molar-refractivity contribution in [1.82, 2.24) is 13.6 Å². The fraction of sp³-hybridized carbons (Fsp3) is 0.750. The molecule has 2 bridgehead atoms. The van der Waals surface area contributed by atoms with Crippen molar-refractivity contribution in [3.63, 3.8) is 0 Å². The van der Waals surface area contributed by atoms with Crippen LogP contribution in [0.3, 0.4) is 0 Å². The molecule has 25 heavy (non-hydrogen) atoms. The summed E-state index contributed by atoms with van der Waals surface area (Å²) in [5, 5.41) is 16.0. The van der Waals surface area contributed by atoms with Gasteiger partial charge in [0.25, 0.3) is 0 Å². The predicted molar refractivity (Wildman–Crippen MR) is 97.3 cm³/mol. The molecule has 140 valence electrons. The zero-order chi connectivity index (χ0) is 18.2. The number of rotatable bonds is 7. The smallest absolute Gasteiger partial charge is 0.414 e. The molecule has 3 heterocycles. The van der Waals surface area contributed by atoms with Crippen LogP contribution in [0.15, 0.2) is 5.03 Å².